The predicted octanol–water partition coefficient (Wildman–Crippen LogP) is 2.98. The molecule has 158 valence electrons. The number of piperazine rings is 1. The van der Waals surface area contributed by atoms with Gasteiger partial charge in [0.2, 0.25) is 0 Å². The number of aryl methyl sites for hydroxylation is 1. The van der Waals surface area contributed by atoms with Gasteiger partial charge in [0.1, 0.15) is 17.3 Å². The fraction of sp³-hybridized carbons (Fsp3) is 0.348. The van der Waals surface area contributed by atoms with Crippen LogP contribution in [0.25, 0.3) is 0 Å². The summed E-state index contributed by atoms with van der Waals surface area (Å²) in [6.45, 7) is 5.25. The number of nitrogens with zero attached hydrogens (tertiary/aromatic N) is 3. The molecule has 7 heteroatoms. The highest BCUT2D eigenvalue weighted by Gasteiger charge is 2.31. The lowest BCUT2D eigenvalue weighted by Crippen LogP contribution is -2.47. The molecule has 1 atom stereocenters. The van der Waals surface area contributed by atoms with Gasteiger partial charge < -0.3 is 19.0 Å². The third-order valence-electron chi connectivity index (χ3n) is 5.78. The van der Waals surface area contributed by atoms with Gasteiger partial charge in [0, 0.05) is 31.9 Å². The highest BCUT2D eigenvalue weighted by Crippen LogP contribution is 2.33. The molecule has 1 N–H and O–H groups in total. The van der Waals surface area contributed by atoms with Crippen molar-refractivity contribution < 1.29 is 13.9 Å². The van der Waals surface area contributed by atoms with Crippen LogP contribution in [0.2, 0.25) is 0 Å². The van der Waals surface area contributed by atoms with Crippen LogP contribution >= 0.6 is 0 Å². The molecule has 1 fully saturated rings. The van der Waals surface area contributed by atoms with Crippen molar-refractivity contribution in [2.75, 3.05) is 33.2 Å². The summed E-state index contributed by atoms with van der Waals surface area (Å²) in [7, 11) is 2.06. The van der Waals surface area contributed by atoms with Crippen LogP contribution in [0.5, 0.6) is 5.75 Å². The third kappa shape index (κ3) is 4.04. The molecule has 1 saturated heterocycles. The van der Waals surface area contributed by atoms with Gasteiger partial charge in [-0.15, -0.1) is 0 Å². The molecule has 0 spiro atoms. The Balaban J connectivity index is 1.83. The van der Waals surface area contributed by atoms with Gasteiger partial charge in [-0.1, -0.05) is 12.1 Å². The molecule has 2 aromatic heterocycles. The first-order valence-corrected chi connectivity index (χ1v) is 10.1. The second-order valence-electron chi connectivity index (χ2n) is 7.85. The summed E-state index contributed by atoms with van der Waals surface area (Å²) in [6, 6.07) is 10.9. The van der Waals surface area contributed by atoms with Gasteiger partial charge in [0.25, 0.3) is 5.56 Å². The van der Waals surface area contributed by atoms with Crippen LogP contribution in [0.4, 0.5) is 4.39 Å². The predicted molar refractivity (Wildman–Crippen MR) is 112 cm³/mol. The number of likely N-dealkylation sites (N-methyl/N-ethyl adjacent to an activating group) is 1. The minimum Gasteiger partial charge on any atom is -0.507 e. The van der Waals surface area contributed by atoms with E-state index in [0.29, 0.717) is 17.0 Å². The van der Waals surface area contributed by atoms with Crippen LogP contribution in [0.1, 0.15) is 28.6 Å². The summed E-state index contributed by atoms with van der Waals surface area (Å²) in [5.74, 6) is 0.287. The average molecular weight is 411 g/mol. The number of benzene rings is 1. The molecule has 1 aromatic carbocycles. The van der Waals surface area contributed by atoms with Gasteiger partial charge in [-0.2, -0.15) is 0 Å². The maximum Gasteiger partial charge on any atom is 0.260 e. The molecule has 0 aliphatic carbocycles. The monoisotopic (exact) mass is 411 g/mol. The van der Waals surface area contributed by atoms with E-state index in [9.17, 15) is 14.3 Å². The molecule has 6 nitrogen and oxygen atoms in total. The number of furan rings is 1. The largest absolute Gasteiger partial charge is 0.507 e. The van der Waals surface area contributed by atoms with Crippen molar-refractivity contribution in [3.63, 3.8) is 0 Å². The third-order valence-corrected chi connectivity index (χ3v) is 5.78. The van der Waals surface area contributed by atoms with E-state index in [2.05, 4.69) is 16.8 Å². The lowest BCUT2D eigenvalue weighted by Gasteiger charge is -2.38. The van der Waals surface area contributed by atoms with Crippen LogP contribution in [0.3, 0.4) is 0 Å². The second-order valence-corrected chi connectivity index (χ2v) is 7.85. The van der Waals surface area contributed by atoms with Gasteiger partial charge in [0.05, 0.1) is 24.4 Å². The highest BCUT2D eigenvalue weighted by molar-refractivity contribution is 5.41. The van der Waals surface area contributed by atoms with Crippen LogP contribution in [0.15, 0.2) is 57.9 Å². The SMILES string of the molecule is Cc1cc(O)c(C(c2ccc(F)cc2)N2CCN(C)CC2)c(=O)n1Cc1ccco1. The summed E-state index contributed by atoms with van der Waals surface area (Å²) in [5.41, 5.74) is 1.47. The highest BCUT2D eigenvalue weighted by atomic mass is 19.1. The fourth-order valence-electron chi connectivity index (χ4n) is 4.07. The molecule has 0 amide bonds. The van der Waals surface area contributed by atoms with E-state index in [-0.39, 0.29) is 23.7 Å². The molecule has 4 rings (SSSR count). The molecule has 0 saturated carbocycles. The Labute approximate surface area is 174 Å². The van der Waals surface area contributed by atoms with E-state index in [1.807, 2.05) is 6.07 Å². The number of aromatic hydroxyl groups is 1. The van der Waals surface area contributed by atoms with E-state index in [0.717, 1.165) is 31.7 Å². The fourth-order valence-corrected chi connectivity index (χ4v) is 4.07. The molecule has 1 aliphatic rings. The topological polar surface area (TPSA) is 61.9 Å². The lowest BCUT2D eigenvalue weighted by molar-refractivity contribution is 0.125. The second kappa shape index (κ2) is 8.45. The zero-order chi connectivity index (χ0) is 21.3. The molecule has 3 aromatic rings. The van der Waals surface area contributed by atoms with Crippen molar-refractivity contribution in [2.24, 2.45) is 0 Å². The minimum absolute atomic E-state index is 0.0403. The first kappa shape index (κ1) is 20.4. The molecular formula is C23H26FN3O3. The summed E-state index contributed by atoms with van der Waals surface area (Å²) >= 11 is 0. The molecule has 30 heavy (non-hydrogen) atoms. The zero-order valence-corrected chi connectivity index (χ0v) is 17.2. The Hall–Kier alpha value is -2.90. The van der Waals surface area contributed by atoms with Crippen LogP contribution in [-0.4, -0.2) is 52.7 Å². The molecule has 0 bridgehead atoms. The molecule has 1 aliphatic heterocycles. The number of hydrogen-bond donors (Lipinski definition) is 1. The normalized spacial score (nSPS) is 16.6. The summed E-state index contributed by atoms with van der Waals surface area (Å²) < 4.78 is 20.6. The number of rotatable bonds is 5. The van der Waals surface area contributed by atoms with Crippen LogP contribution in [0, 0.1) is 12.7 Å². The van der Waals surface area contributed by atoms with Crippen molar-refractivity contribution >= 4 is 0 Å². The standard InChI is InChI=1S/C23H26FN3O3/c1-16-14-20(28)21(23(29)27(16)15-19-4-3-13-30-19)22(17-5-7-18(24)8-6-17)26-11-9-25(2)10-12-26/h3-8,13-14,22,28H,9-12,15H2,1-2H3. The summed E-state index contributed by atoms with van der Waals surface area (Å²) in [6.07, 6.45) is 1.57. The first-order valence-electron chi connectivity index (χ1n) is 10.1. The van der Waals surface area contributed by atoms with Gasteiger partial charge in [-0.25, -0.2) is 4.39 Å². The minimum atomic E-state index is -0.463. The molecule has 3 heterocycles. The number of aromatic nitrogens is 1. The van der Waals surface area contributed by atoms with Crippen molar-refractivity contribution in [1.82, 2.24) is 14.4 Å². The number of hydrogen-bond acceptors (Lipinski definition) is 5. The van der Waals surface area contributed by atoms with Gasteiger partial charge in [0.15, 0.2) is 0 Å². The van der Waals surface area contributed by atoms with E-state index < -0.39 is 6.04 Å². The average Bonchev–Trinajstić information content (AvgIpc) is 3.23. The Morgan fingerprint density at radius 1 is 1.13 bits per heavy atom. The Kier molecular flexibility index (Phi) is 5.74. The maximum absolute atomic E-state index is 13.6. The van der Waals surface area contributed by atoms with Crippen molar-refractivity contribution in [1.29, 1.82) is 0 Å². The van der Waals surface area contributed by atoms with Gasteiger partial charge in [-0.3, -0.25) is 9.69 Å². The first-order chi connectivity index (χ1) is 14.4. The lowest BCUT2D eigenvalue weighted by atomic mass is 9.96. The van der Waals surface area contributed by atoms with Crippen molar-refractivity contribution in [2.45, 2.75) is 19.5 Å². The number of pyridine rings is 1. The zero-order valence-electron chi connectivity index (χ0n) is 17.2. The van der Waals surface area contributed by atoms with E-state index >= 15 is 0 Å². The summed E-state index contributed by atoms with van der Waals surface area (Å²) in [5, 5.41) is 10.8. The maximum atomic E-state index is 13.6. The van der Waals surface area contributed by atoms with Crippen molar-refractivity contribution in [3.8, 4) is 5.75 Å². The quantitative estimate of drug-likeness (QED) is 0.700. The van der Waals surface area contributed by atoms with E-state index in [1.54, 1.807) is 42.0 Å². The smallest absolute Gasteiger partial charge is 0.260 e. The van der Waals surface area contributed by atoms with Crippen molar-refractivity contribution in [3.05, 3.63) is 87.5 Å². The van der Waals surface area contributed by atoms with Gasteiger partial charge in [-0.05, 0) is 49.9 Å². The van der Waals surface area contributed by atoms with Crippen LogP contribution < -0.4 is 5.56 Å². The Morgan fingerprint density at radius 2 is 1.83 bits per heavy atom. The molecule has 1 unspecified atom stereocenters. The van der Waals surface area contributed by atoms with E-state index in [1.165, 1.54) is 12.1 Å². The molecular weight excluding hydrogens is 385 g/mol. The number of halogens is 1. The summed E-state index contributed by atoms with van der Waals surface area (Å²) in [4.78, 5) is 18.0. The molecule has 0 radical (unpaired) electrons. The Bertz CT molecular complexity index is 1050. The van der Waals surface area contributed by atoms with Gasteiger partial charge >= 0.3 is 0 Å². The van der Waals surface area contributed by atoms with Crippen LogP contribution in [-0.2, 0) is 6.54 Å². The Morgan fingerprint density at radius 3 is 2.47 bits per heavy atom. The van der Waals surface area contributed by atoms with E-state index in [4.69, 9.17) is 4.42 Å².